The first-order valence-corrected chi connectivity index (χ1v) is 6.75. The van der Waals surface area contributed by atoms with E-state index in [0.29, 0.717) is 31.5 Å². The maximum atomic E-state index is 13.5. The van der Waals surface area contributed by atoms with Crippen LogP contribution in [0.3, 0.4) is 0 Å². The Balaban J connectivity index is 1.59. The molecule has 1 amide bonds. The third-order valence-corrected chi connectivity index (χ3v) is 3.66. The molecule has 0 bridgehead atoms. The molecule has 20 heavy (non-hydrogen) atoms. The third kappa shape index (κ3) is 2.57. The number of carbonyl (C=O) groups excluding carboxylic acids is 1. The van der Waals surface area contributed by atoms with Crippen LogP contribution in [-0.4, -0.2) is 26.9 Å². The first kappa shape index (κ1) is 12.8. The van der Waals surface area contributed by atoms with Crippen LogP contribution < -0.4 is 0 Å². The van der Waals surface area contributed by atoms with Crippen LogP contribution in [0.5, 0.6) is 0 Å². The fourth-order valence-electron chi connectivity index (χ4n) is 2.49. The number of nitrogens with zero attached hydrogens (tertiary/aromatic N) is 3. The standard InChI is InChI=1S/C15H16FN3O/c16-13-4-2-1-3-12(13)5-6-15(20)19-10-9-18-8-7-17-14(18)11-19/h1-4,7-8H,5-6,9-11H2. The molecule has 104 valence electrons. The molecule has 1 aliphatic rings. The van der Waals surface area contributed by atoms with Crippen LogP contribution in [0.1, 0.15) is 17.8 Å². The lowest BCUT2D eigenvalue weighted by Gasteiger charge is -2.27. The number of fused-ring (bicyclic) bond motifs is 1. The van der Waals surface area contributed by atoms with Gasteiger partial charge in [0.05, 0.1) is 6.54 Å². The summed E-state index contributed by atoms with van der Waals surface area (Å²) < 4.78 is 15.6. The molecule has 0 saturated carbocycles. The number of aryl methyl sites for hydroxylation is 1. The molecule has 0 unspecified atom stereocenters. The van der Waals surface area contributed by atoms with Crippen molar-refractivity contribution in [1.82, 2.24) is 14.5 Å². The first-order valence-electron chi connectivity index (χ1n) is 6.75. The van der Waals surface area contributed by atoms with Crippen LogP contribution in [0.25, 0.3) is 0 Å². The van der Waals surface area contributed by atoms with Gasteiger partial charge in [0.25, 0.3) is 0 Å². The van der Waals surface area contributed by atoms with Crippen molar-refractivity contribution in [3.63, 3.8) is 0 Å². The summed E-state index contributed by atoms with van der Waals surface area (Å²) in [5.74, 6) is 0.729. The summed E-state index contributed by atoms with van der Waals surface area (Å²) in [6.45, 7) is 2.02. The summed E-state index contributed by atoms with van der Waals surface area (Å²) >= 11 is 0. The molecule has 4 nitrogen and oxygen atoms in total. The third-order valence-electron chi connectivity index (χ3n) is 3.66. The lowest BCUT2D eigenvalue weighted by Crippen LogP contribution is -2.38. The monoisotopic (exact) mass is 273 g/mol. The summed E-state index contributed by atoms with van der Waals surface area (Å²) in [7, 11) is 0. The molecule has 5 heteroatoms. The summed E-state index contributed by atoms with van der Waals surface area (Å²) in [5, 5.41) is 0. The molecule has 0 radical (unpaired) electrons. The highest BCUT2D eigenvalue weighted by molar-refractivity contribution is 5.76. The molecular formula is C15H16FN3O. The highest BCUT2D eigenvalue weighted by Gasteiger charge is 2.20. The van der Waals surface area contributed by atoms with Gasteiger partial charge in [0.2, 0.25) is 5.91 Å². The maximum Gasteiger partial charge on any atom is 0.223 e. The Bertz CT molecular complexity index is 623. The minimum atomic E-state index is -0.241. The van der Waals surface area contributed by atoms with E-state index in [1.165, 1.54) is 6.07 Å². The Morgan fingerprint density at radius 1 is 1.30 bits per heavy atom. The van der Waals surface area contributed by atoms with Gasteiger partial charge in [0, 0.05) is 31.9 Å². The number of halogens is 1. The van der Waals surface area contributed by atoms with Gasteiger partial charge >= 0.3 is 0 Å². The lowest BCUT2D eigenvalue weighted by atomic mass is 10.1. The molecule has 1 aromatic carbocycles. The van der Waals surface area contributed by atoms with Crippen molar-refractivity contribution >= 4 is 5.91 Å². The van der Waals surface area contributed by atoms with E-state index in [-0.39, 0.29) is 11.7 Å². The maximum absolute atomic E-state index is 13.5. The Hall–Kier alpha value is -2.17. The Labute approximate surface area is 116 Å². The molecule has 0 saturated heterocycles. The van der Waals surface area contributed by atoms with E-state index in [2.05, 4.69) is 9.55 Å². The fraction of sp³-hybridized carbons (Fsp3) is 0.333. The van der Waals surface area contributed by atoms with E-state index in [1.54, 1.807) is 29.3 Å². The van der Waals surface area contributed by atoms with Gasteiger partial charge in [-0.1, -0.05) is 18.2 Å². The van der Waals surface area contributed by atoms with Gasteiger partial charge in [-0.15, -0.1) is 0 Å². The number of benzene rings is 1. The first-order chi connectivity index (χ1) is 9.74. The zero-order chi connectivity index (χ0) is 13.9. The molecule has 0 spiro atoms. The predicted octanol–water partition coefficient (Wildman–Crippen LogP) is 2.00. The second kappa shape index (κ2) is 5.45. The van der Waals surface area contributed by atoms with Crippen molar-refractivity contribution in [2.24, 2.45) is 0 Å². The SMILES string of the molecule is O=C(CCc1ccccc1F)N1CCn2ccnc2C1. The molecule has 1 aromatic heterocycles. The second-order valence-corrected chi connectivity index (χ2v) is 4.94. The van der Waals surface area contributed by atoms with Crippen molar-refractivity contribution in [3.8, 4) is 0 Å². The van der Waals surface area contributed by atoms with Crippen molar-refractivity contribution in [3.05, 3.63) is 53.9 Å². The zero-order valence-corrected chi connectivity index (χ0v) is 11.1. The van der Waals surface area contributed by atoms with Gasteiger partial charge in [-0.05, 0) is 18.1 Å². The number of hydrogen-bond donors (Lipinski definition) is 0. The van der Waals surface area contributed by atoms with E-state index in [9.17, 15) is 9.18 Å². The average Bonchev–Trinajstić information content (AvgIpc) is 2.93. The van der Waals surface area contributed by atoms with Gasteiger partial charge < -0.3 is 9.47 Å². The van der Waals surface area contributed by atoms with Gasteiger partial charge in [0.1, 0.15) is 11.6 Å². The minimum Gasteiger partial charge on any atom is -0.333 e. The van der Waals surface area contributed by atoms with E-state index in [1.807, 2.05) is 6.20 Å². The van der Waals surface area contributed by atoms with Crippen molar-refractivity contribution in [2.75, 3.05) is 6.54 Å². The number of aromatic nitrogens is 2. The summed E-state index contributed by atoms with van der Waals surface area (Å²) in [5.41, 5.74) is 0.597. The van der Waals surface area contributed by atoms with Crippen molar-refractivity contribution in [1.29, 1.82) is 0 Å². The largest absolute Gasteiger partial charge is 0.333 e. The molecule has 0 atom stereocenters. The number of rotatable bonds is 3. The minimum absolute atomic E-state index is 0.0579. The van der Waals surface area contributed by atoms with Gasteiger partial charge in [-0.2, -0.15) is 0 Å². The van der Waals surface area contributed by atoms with Crippen LogP contribution in [0.2, 0.25) is 0 Å². The molecule has 3 rings (SSSR count). The van der Waals surface area contributed by atoms with Crippen molar-refractivity contribution < 1.29 is 9.18 Å². The molecule has 0 N–H and O–H groups in total. The van der Waals surface area contributed by atoms with Crippen LogP contribution in [0.15, 0.2) is 36.7 Å². The summed E-state index contributed by atoms with van der Waals surface area (Å²) in [4.78, 5) is 18.2. The highest BCUT2D eigenvalue weighted by atomic mass is 19.1. The van der Waals surface area contributed by atoms with Crippen LogP contribution in [0.4, 0.5) is 4.39 Å². The van der Waals surface area contributed by atoms with E-state index in [0.717, 1.165) is 12.4 Å². The van der Waals surface area contributed by atoms with E-state index < -0.39 is 0 Å². The van der Waals surface area contributed by atoms with Gasteiger partial charge in [-0.3, -0.25) is 4.79 Å². The number of carbonyl (C=O) groups is 1. The number of amides is 1. The molecule has 2 aromatic rings. The second-order valence-electron chi connectivity index (χ2n) is 4.94. The quantitative estimate of drug-likeness (QED) is 0.858. The predicted molar refractivity (Wildman–Crippen MR) is 72.4 cm³/mol. The van der Waals surface area contributed by atoms with Crippen LogP contribution >= 0.6 is 0 Å². The Kier molecular flexibility index (Phi) is 3.50. The number of hydrogen-bond acceptors (Lipinski definition) is 2. The average molecular weight is 273 g/mol. The number of imidazole rings is 1. The van der Waals surface area contributed by atoms with Gasteiger partial charge in [0.15, 0.2) is 0 Å². The van der Waals surface area contributed by atoms with Crippen molar-refractivity contribution in [2.45, 2.75) is 25.9 Å². The molecule has 0 aliphatic carbocycles. The van der Waals surface area contributed by atoms with Crippen LogP contribution in [-0.2, 0) is 24.3 Å². The Morgan fingerprint density at radius 2 is 2.15 bits per heavy atom. The molecule has 2 heterocycles. The fourth-order valence-corrected chi connectivity index (χ4v) is 2.49. The molecule has 0 fully saturated rings. The highest BCUT2D eigenvalue weighted by Crippen LogP contribution is 2.14. The van der Waals surface area contributed by atoms with Gasteiger partial charge in [-0.25, -0.2) is 9.37 Å². The molecule has 1 aliphatic heterocycles. The normalized spacial score (nSPS) is 14.2. The zero-order valence-electron chi connectivity index (χ0n) is 11.1. The summed E-state index contributed by atoms with van der Waals surface area (Å²) in [6.07, 6.45) is 4.46. The Morgan fingerprint density at radius 3 is 3.00 bits per heavy atom. The summed E-state index contributed by atoms with van der Waals surface area (Å²) in [6, 6.07) is 6.61. The van der Waals surface area contributed by atoms with E-state index >= 15 is 0 Å². The molecular weight excluding hydrogens is 257 g/mol. The lowest BCUT2D eigenvalue weighted by molar-refractivity contribution is -0.132. The topological polar surface area (TPSA) is 38.1 Å². The van der Waals surface area contributed by atoms with Crippen LogP contribution in [0, 0.1) is 5.82 Å². The smallest absolute Gasteiger partial charge is 0.223 e. The van der Waals surface area contributed by atoms with E-state index in [4.69, 9.17) is 0 Å².